The molecular weight excluding hydrogens is 328 g/mol. The molecule has 1 fully saturated rings. The molecule has 0 radical (unpaired) electrons. The number of fused-ring (bicyclic) bond motifs is 1. The van der Waals surface area contributed by atoms with Crippen LogP contribution < -0.4 is 11.0 Å². The first-order valence-electron chi connectivity index (χ1n) is 9.69. The van der Waals surface area contributed by atoms with Crippen molar-refractivity contribution >= 4 is 16.9 Å². The van der Waals surface area contributed by atoms with Gasteiger partial charge in [-0.1, -0.05) is 31.4 Å². The molecule has 0 atom stereocenters. The molecule has 0 bridgehead atoms. The van der Waals surface area contributed by atoms with E-state index in [0.29, 0.717) is 12.6 Å². The van der Waals surface area contributed by atoms with Crippen LogP contribution >= 0.6 is 0 Å². The number of amides is 1. The number of hydrogen-bond acceptors (Lipinski definition) is 3. The van der Waals surface area contributed by atoms with Crippen molar-refractivity contribution < 1.29 is 4.79 Å². The molecule has 26 heavy (non-hydrogen) atoms. The standard InChI is InChI=1S/C20H30N4O2/c1-22(16-9-4-3-5-10-16)14-8-13-21-19(25)15-24-18-12-7-6-11-17(18)23(2)20(24)26/h6-7,11-12,16H,3-5,8-10,13-15H2,1-2H3,(H,21,25). The van der Waals surface area contributed by atoms with Gasteiger partial charge in [0.05, 0.1) is 11.0 Å². The summed E-state index contributed by atoms with van der Waals surface area (Å²) in [6, 6.07) is 8.26. The average Bonchev–Trinajstić information content (AvgIpc) is 2.91. The van der Waals surface area contributed by atoms with E-state index >= 15 is 0 Å². The summed E-state index contributed by atoms with van der Waals surface area (Å²) in [5.41, 5.74) is 1.49. The molecule has 1 aromatic carbocycles. The molecule has 3 rings (SSSR count). The zero-order chi connectivity index (χ0) is 18.5. The molecule has 142 valence electrons. The molecule has 1 aromatic heterocycles. The van der Waals surface area contributed by atoms with E-state index in [1.54, 1.807) is 16.2 Å². The summed E-state index contributed by atoms with van der Waals surface area (Å²) in [5, 5.41) is 2.96. The highest BCUT2D eigenvalue weighted by Crippen LogP contribution is 2.21. The van der Waals surface area contributed by atoms with Crippen LogP contribution in [0.1, 0.15) is 38.5 Å². The topological polar surface area (TPSA) is 59.3 Å². The van der Waals surface area contributed by atoms with Gasteiger partial charge in [0.2, 0.25) is 5.91 Å². The van der Waals surface area contributed by atoms with E-state index in [9.17, 15) is 9.59 Å². The van der Waals surface area contributed by atoms with E-state index < -0.39 is 0 Å². The lowest BCUT2D eigenvalue weighted by atomic mass is 9.94. The van der Waals surface area contributed by atoms with Gasteiger partial charge in [-0.2, -0.15) is 0 Å². The molecule has 1 saturated carbocycles. The van der Waals surface area contributed by atoms with Crippen LogP contribution in [0, 0.1) is 0 Å². The number of hydrogen-bond donors (Lipinski definition) is 1. The Morgan fingerprint density at radius 3 is 2.62 bits per heavy atom. The van der Waals surface area contributed by atoms with E-state index in [0.717, 1.165) is 24.0 Å². The number of para-hydroxylation sites is 2. The lowest BCUT2D eigenvalue weighted by Gasteiger charge is -2.31. The third kappa shape index (κ3) is 4.18. The first kappa shape index (κ1) is 18.7. The average molecular weight is 358 g/mol. The van der Waals surface area contributed by atoms with Crippen LogP contribution in [0.25, 0.3) is 11.0 Å². The molecule has 6 heteroatoms. The minimum absolute atomic E-state index is 0.0681. The fourth-order valence-corrected chi connectivity index (χ4v) is 3.98. The molecule has 0 unspecified atom stereocenters. The van der Waals surface area contributed by atoms with E-state index in [1.165, 1.54) is 32.1 Å². The zero-order valence-corrected chi connectivity index (χ0v) is 15.9. The monoisotopic (exact) mass is 358 g/mol. The minimum atomic E-state index is -0.154. The second-order valence-corrected chi connectivity index (χ2v) is 7.39. The Kier molecular flexibility index (Phi) is 6.14. The highest BCUT2D eigenvalue weighted by Gasteiger charge is 2.17. The van der Waals surface area contributed by atoms with Gasteiger partial charge in [0.15, 0.2) is 0 Å². The van der Waals surface area contributed by atoms with Crippen LogP contribution in [0.2, 0.25) is 0 Å². The van der Waals surface area contributed by atoms with Crippen LogP contribution in [0.4, 0.5) is 0 Å². The minimum Gasteiger partial charge on any atom is -0.354 e. The van der Waals surface area contributed by atoms with Gasteiger partial charge in [-0.25, -0.2) is 4.79 Å². The summed E-state index contributed by atoms with van der Waals surface area (Å²) in [4.78, 5) is 27.1. The van der Waals surface area contributed by atoms with Gasteiger partial charge < -0.3 is 10.2 Å². The first-order chi connectivity index (χ1) is 12.6. The van der Waals surface area contributed by atoms with Gasteiger partial charge in [-0.15, -0.1) is 0 Å². The molecule has 1 heterocycles. The van der Waals surface area contributed by atoms with Crippen molar-refractivity contribution in [3.05, 3.63) is 34.7 Å². The van der Waals surface area contributed by atoms with E-state index in [2.05, 4.69) is 17.3 Å². The highest BCUT2D eigenvalue weighted by atomic mass is 16.2. The largest absolute Gasteiger partial charge is 0.354 e. The lowest BCUT2D eigenvalue weighted by molar-refractivity contribution is -0.121. The third-order valence-electron chi connectivity index (χ3n) is 5.56. The number of nitrogens with one attached hydrogen (secondary N) is 1. The molecule has 1 aliphatic carbocycles. The molecule has 1 N–H and O–H groups in total. The van der Waals surface area contributed by atoms with E-state index in [1.807, 2.05) is 24.3 Å². The molecule has 6 nitrogen and oxygen atoms in total. The maximum absolute atomic E-state index is 12.4. The Morgan fingerprint density at radius 2 is 1.88 bits per heavy atom. The van der Waals surface area contributed by atoms with E-state index in [4.69, 9.17) is 0 Å². The van der Waals surface area contributed by atoms with Crippen LogP contribution in [0.15, 0.2) is 29.1 Å². The van der Waals surface area contributed by atoms with Gasteiger partial charge in [-0.3, -0.25) is 13.9 Å². The normalized spacial score (nSPS) is 15.7. The van der Waals surface area contributed by atoms with Gasteiger partial charge in [0, 0.05) is 19.6 Å². The summed E-state index contributed by atoms with van der Waals surface area (Å²) in [7, 11) is 3.92. The Labute approximate surface area is 154 Å². The predicted molar refractivity (Wildman–Crippen MR) is 104 cm³/mol. The smallest absolute Gasteiger partial charge is 0.329 e. The number of nitrogens with zero attached hydrogens (tertiary/aromatic N) is 3. The Bertz CT molecular complexity index is 802. The van der Waals surface area contributed by atoms with Crippen LogP contribution in [-0.2, 0) is 18.4 Å². The second-order valence-electron chi connectivity index (χ2n) is 7.39. The fourth-order valence-electron chi connectivity index (χ4n) is 3.98. The Balaban J connectivity index is 1.48. The van der Waals surface area contributed by atoms with Gasteiger partial charge in [0.1, 0.15) is 6.54 Å². The molecular formula is C20H30N4O2. The quantitative estimate of drug-likeness (QED) is 0.771. The number of carbonyl (C=O) groups is 1. The van der Waals surface area contributed by atoms with Crippen LogP contribution in [-0.4, -0.2) is 46.1 Å². The van der Waals surface area contributed by atoms with Crippen molar-refractivity contribution in [1.82, 2.24) is 19.4 Å². The predicted octanol–water partition coefficient (Wildman–Crippen LogP) is 2.11. The van der Waals surface area contributed by atoms with Gasteiger partial charge >= 0.3 is 5.69 Å². The maximum atomic E-state index is 12.4. The summed E-state index contributed by atoms with van der Waals surface area (Å²) in [5.74, 6) is -0.108. The van der Waals surface area contributed by atoms with Crippen molar-refractivity contribution in [1.29, 1.82) is 0 Å². The van der Waals surface area contributed by atoms with Crippen molar-refractivity contribution in [2.75, 3.05) is 20.1 Å². The summed E-state index contributed by atoms with van der Waals surface area (Å²) in [6.45, 7) is 1.72. The van der Waals surface area contributed by atoms with Crippen molar-refractivity contribution in [3.63, 3.8) is 0 Å². The van der Waals surface area contributed by atoms with Crippen LogP contribution in [0.3, 0.4) is 0 Å². The number of imidazole rings is 1. The maximum Gasteiger partial charge on any atom is 0.329 e. The van der Waals surface area contributed by atoms with Gasteiger partial charge in [-0.05, 0) is 45.0 Å². The molecule has 1 aliphatic rings. The van der Waals surface area contributed by atoms with Crippen molar-refractivity contribution in [2.45, 2.75) is 51.1 Å². The van der Waals surface area contributed by atoms with Crippen molar-refractivity contribution in [3.8, 4) is 0 Å². The summed E-state index contributed by atoms with van der Waals surface area (Å²) < 4.78 is 3.13. The molecule has 0 spiro atoms. The molecule has 2 aromatic rings. The lowest BCUT2D eigenvalue weighted by Crippen LogP contribution is -2.37. The zero-order valence-electron chi connectivity index (χ0n) is 15.9. The summed E-state index contributed by atoms with van der Waals surface area (Å²) >= 11 is 0. The van der Waals surface area contributed by atoms with Crippen molar-refractivity contribution in [2.24, 2.45) is 7.05 Å². The number of aryl methyl sites for hydroxylation is 1. The van der Waals surface area contributed by atoms with E-state index in [-0.39, 0.29) is 18.1 Å². The Morgan fingerprint density at radius 1 is 1.19 bits per heavy atom. The molecule has 0 aliphatic heterocycles. The molecule has 1 amide bonds. The number of aromatic nitrogens is 2. The Hall–Kier alpha value is -2.08. The molecule has 0 saturated heterocycles. The number of carbonyl (C=O) groups excluding carboxylic acids is 1. The van der Waals surface area contributed by atoms with Gasteiger partial charge in [0.25, 0.3) is 0 Å². The highest BCUT2D eigenvalue weighted by molar-refractivity contribution is 5.80. The first-order valence-corrected chi connectivity index (χ1v) is 9.69. The van der Waals surface area contributed by atoms with Crippen LogP contribution in [0.5, 0.6) is 0 Å². The summed E-state index contributed by atoms with van der Waals surface area (Å²) in [6.07, 6.45) is 7.58. The fraction of sp³-hybridized carbons (Fsp3) is 0.600. The third-order valence-corrected chi connectivity index (χ3v) is 5.56. The second kappa shape index (κ2) is 8.54. The number of benzene rings is 1. The number of rotatable bonds is 7. The SMILES string of the molecule is CN(CCCNC(=O)Cn1c(=O)n(C)c2ccccc21)C1CCCCC1.